The summed E-state index contributed by atoms with van der Waals surface area (Å²) >= 11 is 5.69. The van der Waals surface area contributed by atoms with Crippen molar-refractivity contribution in [1.82, 2.24) is 0 Å². The summed E-state index contributed by atoms with van der Waals surface area (Å²) in [6.45, 7) is 0. The monoisotopic (exact) mass is 185 g/mol. The van der Waals surface area contributed by atoms with E-state index in [1.807, 2.05) is 6.26 Å². The van der Waals surface area contributed by atoms with E-state index in [2.05, 4.69) is 4.74 Å². The minimum absolute atomic E-state index is 0.190. The average Bonchev–Trinajstić information content (AvgIpc) is 2.07. The van der Waals surface area contributed by atoms with Gasteiger partial charge in [-0.15, -0.1) is 0 Å². The van der Waals surface area contributed by atoms with Crippen LogP contribution in [0.25, 0.3) is 0 Å². The summed E-state index contributed by atoms with van der Waals surface area (Å²) in [5.74, 6) is 0.555. The first-order valence-electron chi connectivity index (χ1n) is 3.19. The molecular formula is C8H3ClFO2. The summed E-state index contributed by atoms with van der Waals surface area (Å²) < 4.78 is 21.8. The zero-order chi connectivity index (χ0) is 8.55. The molecule has 2 nitrogen and oxygen atoms in total. The fourth-order valence-electron chi connectivity index (χ4n) is 0.874. The van der Waals surface area contributed by atoms with Gasteiger partial charge in [-0.25, -0.2) is 0 Å². The predicted molar refractivity (Wildman–Crippen MR) is 40.6 cm³/mol. The second-order valence-electron chi connectivity index (χ2n) is 2.15. The maximum Gasteiger partial charge on any atom is 0.326 e. The summed E-state index contributed by atoms with van der Waals surface area (Å²) in [6.07, 6.45) is 1.93. The van der Waals surface area contributed by atoms with E-state index in [9.17, 15) is 4.39 Å². The van der Waals surface area contributed by atoms with Gasteiger partial charge in [-0.1, -0.05) is 17.7 Å². The predicted octanol–water partition coefficient (Wildman–Crippen LogP) is 2.68. The summed E-state index contributed by atoms with van der Waals surface area (Å²) in [7, 11) is 0. The molecule has 1 radical (unpaired) electrons. The Hall–Kier alpha value is -1.22. The lowest BCUT2D eigenvalue weighted by molar-refractivity contribution is 0.230. The van der Waals surface area contributed by atoms with Crippen molar-refractivity contribution in [3.8, 4) is 11.5 Å². The second kappa shape index (κ2) is 2.68. The van der Waals surface area contributed by atoms with E-state index in [-0.39, 0.29) is 5.75 Å². The average molecular weight is 186 g/mol. The van der Waals surface area contributed by atoms with Crippen LogP contribution in [0.15, 0.2) is 24.2 Å². The van der Waals surface area contributed by atoms with E-state index in [1.165, 1.54) is 0 Å². The molecule has 0 saturated carbocycles. The summed E-state index contributed by atoms with van der Waals surface area (Å²) in [5.41, 5.74) is 0. The number of benzene rings is 1. The Labute approximate surface area is 73.2 Å². The summed E-state index contributed by atoms with van der Waals surface area (Å²) in [6, 6.07) is 3.95. The number of halogens is 2. The van der Waals surface area contributed by atoms with E-state index < -0.39 is 6.01 Å². The van der Waals surface area contributed by atoms with E-state index in [0.717, 1.165) is 0 Å². The third kappa shape index (κ3) is 1.12. The van der Waals surface area contributed by atoms with Crippen LogP contribution in [0.2, 0.25) is 5.02 Å². The van der Waals surface area contributed by atoms with Crippen molar-refractivity contribution in [2.24, 2.45) is 0 Å². The highest BCUT2D eigenvalue weighted by molar-refractivity contribution is 6.32. The maximum atomic E-state index is 12.4. The van der Waals surface area contributed by atoms with Gasteiger partial charge in [-0.2, -0.15) is 4.39 Å². The molecule has 61 valence electrons. The fourth-order valence-corrected chi connectivity index (χ4v) is 1.08. The van der Waals surface area contributed by atoms with Crippen molar-refractivity contribution in [2.45, 2.75) is 0 Å². The molecular weight excluding hydrogens is 183 g/mol. The van der Waals surface area contributed by atoms with Crippen molar-refractivity contribution < 1.29 is 13.9 Å². The molecule has 1 aromatic rings. The van der Waals surface area contributed by atoms with Crippen LogP contribution in [-0.4, -0.2) is 0 Å². The molecule has 0 N–H and O–H groups in total. The van der Waals surface area contributed by atoms with Crippen LogP contribution in [-0.2, 0) is 0 Å². The van der Waals surface area contributed by atoms with Crippen molar-refractivity contribution in [3.05, 3.63) is 35.5 Å². The lowest BCUT2D eigenvalue weighted by Crippen LogP contribution is -2.01. The molecule has 2 rings (SSSR count). The van der Waals surface area contributed by atoms with Gasteiger partial charge < -0.3 is 9.47 Å². The summed E-state index contributed by atoms with van der Waals surface area (Å²) in [5, 5.41) is 0.309. The summed E-state index contributed by atoms with van der Waals surface area (Å²) in [4.78, 5) is 0. The highest BCUT2D eigenvalue weighted by Gasteiger charge is 2.17. The standard InChI is InChI=1S/C8H3ClFO2/c9-5-2-1-3-6-8(5)12-7(10)4-11-6/h1-3H. The van der Waals surface area contributed by atoms with Crippen molar-refractivity contribution in [2.75, 3.05) is 0 Å². The molecule has 0 bridgehead atoms. The molecule has 0 atom stereocenters. The Morgan fingerprint density at radius 2 is 2.25 bits per heavy atom. The van der Waals surface area contributed by atoms with Gasteiger partial charge in [-0.05, 0) is 12.1 Å². The van der Waals surface area contributed by atoms with Gasteiger partial charge in [0.25, 0.3) is 0 Å². The Morgan fingerprint density at radius 1 is 1.42 bits per heavy atom. The van der Waals surface area contributed by atoms with Gasteiger partial charge >= 0.3 is 6.01 Å². The van der Waals surface area contributed by atoms with Crippen LogP contribution in [0.5, 0.6) is 11.5 Å². The molecule has 0 amide bonds. The highest BCUT2D eigenvalue weighted by atomic mass is 35.5. The lowest BCUT2D eigenvalue weighted by Gasteiger charge is -2.13. The number of rotatable bonds is 0. The molecule has 1 heterocycles. The smallest absolute Gasteiger partial charge is 0.326 e. The zero-order valence-corrected chi connectivity index (χ0v) is 6.56. The van der Waals surface area contributed by atoms with Crippen LogP contribution >= 0.6 is 11.6 Å². The molecule has 0 saturated heterocycles. The first kappa shape index (κ1) is 7.43. The number of para-hydroxylation sites is 1. The Bertz CT molecular complexity index is 349. The van der Waals surface area contributed by atoms with Crippen LogP contribution in [0.4, 0.5) is 4.39 Å². The molecule has 1 aliphatic heterocycles. The molecule has 0 fully saturated rings. The zero-order valence-electron chi connectivity index (χ0n) is 5.80. The fraction of sp³-hybridized carbons (Fsp3) is 0. The minimum atomic E-state index is -0.921. The van der Waals surface area contributed by atoms with Crippen molar-refractivity contribution in [1.29, 1.82) is 0 Å². The highest BCUT2D eigenvalue weighted by Crippen LogP contribution is 2.38. The molecule has 0 aliphatic carbocycles. The van der Waals surface area contributed by atoms with Gasteiger partial charge in [0.1, 0.15) is 0 Å². The van der Waals surface area contributed by atoms with Gasteiger partial charge in [-0.3, -0.25) is 0 Å². The molecule has 1 aliphatic rings. The van der Waals surface area contributed by atoms with Gasteiger partial charge in [0.15, 0.2) is 11.5 Å². The number of ether oxygens (including phenoxy) is 2. The lowest BCUT2D eigenvalue weighted by atomic mass is 10.3. The first-order valence-corrected chi connectivity index (χ1v) is 3.57. The largest absolute Gasteiger partial charge is 0.443 e. The second-order valence-corrected chi connectivity index (χ2v) is 2.55. The Balaban J connectivity index is 2.49. The molecule has 12 heavy (non-hydrogen) atoms. The van der Waals surface area contributed by atoms with Crippen molar-refractivity contribution >= 4 is 11.6 Å². The van der Waals surface area contributed by atoms with Crippen LogP contribution in [0.3, 0.4) is 0 Å². The first-order chi connectivity index (χ1) is 5.77. The maximum absolute atomic E-state index is 12.4. The Morgan fingerprint density at radius 3 is 3.08 bits per heavy atom. The topological polar surface area (TPSA) is 18.5 Å². The van der Waals surface area contributed by atoms with Gasteiger partial charge in [0.05, 0.1) is 5.02 Å². The third-order valence-electron chi connectivity index (χ3n) is 1.36. The minimum Gasteiger partial charge on any atom is -0.443 e. The van der Waals surface area contributed by atoms with Crippen LogP contribution in [0.1, 0.15) is 0 Å². The SMILES string of the molecule is FC1=[C]Oc2cccc(Cl)c2O1. The third-order valence-corrected chi connectivity index (χ3v) is 1.66. The van der Waals surface area contributed by atoms with Gasteiger partial charge in [0.2, 0.25) is 6.26 Å². The molecule has 0 spiro atoms. The number of hydrogen-bond acceptors (Lipinski definition) is 2. The van der Waals surface area contributed by atoms with Crippen molar-refractivity contribution in [3.63, 3.8) is 0 Å². The molecule has 4 heteroatoms. The number of fused-ring (bicyclic) bond motifs is 1. The van der Waals surface area contributed by atoms with E-state index in [0.29, 0.717) is 10.8 Å². The molecule has 1 aromatic carbocycles. The van der Waals surface area contributed by atoms with E-state index in [4.69, 9.17) is 16.3 Å². The van der Waals surface area contributed by atoms with E-state index in [1.54, 1.807) is 18.2 Å². The molecule has 0 unspecified atom stereocenters. The Kier molecular flexibility index (Phi) is 1.66. The molecule has 0 aromatic heterocycles. The van der Waals surface area contributed by atoms with Crippen LogP contribution in [0, 0.1) is 6.26 Å². The van der Waals surface area contributed by atoms with Gasteiger partial charge in [0, 0.05) is 0 Å². The normalized spacial score (nSPS) is 14.0. The van der Waals surface area contributed by atoms with Crippen LogP contribution < -0.4 is 9.47 Å². The van der Waals surface area contributed by atoms with E-state index >= 15 is 0 Å². The number of hydrogen-bond donors (Lipinski definition) is 0. The quantitative estimate of drug-likeness (QED) is 0.619.